The van der Waals surface area contributed by atoms with E-state index in [-0.39, 0.29) is 6.61 Å². The van der Waals surface area contributed by atoms with E-state index in [4.69, 9.17) is 20.4 Å². The summed E-state index contributed by atoms with van der Waals surface area (Å²) in [6, 6.07) is 17.9. The maximum absolute atomic E-state index is 11.8. The summed E-state index contributed by atoms with van der Waals surface area (Å²) in [7, 11) is 0. The normalized spacial score (nSPS) is 11.3. The SMILES string of the molecule is N[C@@H](Cc1ccccc1)C(=O)NNC(=O)OCc1ccccc1.O=C(O)C(F)(F)F. The Kier molecular flexibility index (Phi) is 9.83. The Bertz CT molecular complexity index is 817. The average Bonchev–Trinajstić information content (AvgIpc) is 2.71. The maximum atomic E-state index is 11.8. The number of carboxylic acid groups (broad SMARTS) is 1. The summed E-state index contributed by atoms with van der Waals surface area (Å²) >= 11 is 0. The van der Waals surface area contributed by atoms with Gasteiger partial charge in [-0.15, -0.1) is 0 Å². The second-order valence-electron chi connectivity index (χ2n) is 5.78. The molecular formula is C19H20F3N3O5. The van der Waals surface area contributed by atoms with Gasteiger partial charge in [0.25, 0.3) is 5.91 Å². The molecule has 0 aliphatic heterocycles. The fraction of sp³-hybridized carbons (Fsp3) is 0.211. The van der Waals surface area contributed by atoms with Crippen LogP contribution < -0.4 is 16.6 Å². The van der Waals surface area contributed by atoms with Crippen LogP contribution in [0, 0.1) is 0 Å². The number of nitrogens with two attached hydrogens (primary N) is 1. The number of hydrogen-bond donors (Lipinski definition) is 4. The maximum Gasteiger partial charge on any atom is 0.490 e. The third kappa shape index (κ3) is 10.1. The van der Waals surface area contributed by atoms with Crippen molar-refractivity contribution in [1.82, 2.24) is 10.9 Å². The zero-order valence-electron chi connectivity index (χ0n) is 15.6. The second-order valence-corrected chi connectivity index (χ2v) is 5.78. The number of rotatable bonds is 5. The Labute approximate surface area is 169 Å². The number of hydrogen-bond acceptors (Lipinski definition) is 5. The molecule has 0 aliphatic carbocycles. The molecule has 0 aromatic heterocycles. The van der Waals surface area contributed by atoms with E-state index in [0.717, 1.165) is 11.1 Å². The third-order valence-corrected chi connectivity index (χ3v) is 3.38. The quantitative estimate of drug-likeness (QED) is 0.541. The number of ether oxygens (including phenoxy) is 1. The van der Waals surface area contributed by atoms with Gasteiger partial charge in [-0.2, -0.15) is 13.2 Å². The second kappa shape index (κ2) is 12.1. The van der Waals surface area contributed by atoms with E-state index >= 15 is 0 Å². The average molecular weight is 427 g/mol. The van der Waals surface area contributed by atoms with Gasteiger partial charge in [-0.25, -0.2) is 15.0 Å². The van der Waals surface area contributed by atoms with Crippen LogP contribution in [0.5, 0.6) is 0 Å². The van der Waals surface area contributed by atoms with Crippen LogP contribution >= 0.6 is 0 Å². The minimum Gasteiger partial charge on any atom is -0.475 e. The van der Waals surface area contributed by atoms with Gasteiger partial charge < -0.3 is 15.6 Å². The van der Waals surface area contributed by atoms with Crippen LogP contribution in [0.2, 0.25) is 0 Å². The van der Waals surface area contributed by atoms with E-state index < -0.39 is 30.2 Å². The zero-order valence-corrected chi connectivity index (χ0v) is 15.6. The number of hydrazine groups is 1. The zero-order chi connectivity index (χ0) is 22.6. The van der Waals surface area contributed by atoms with Crippen molar-refractivity contribution < 1.29 is 37.4 Å². The van der Waals surface area contributed by atoms with Gasteiger partial charge in [0.15, 0.2) is 0 Å². The van der Waals surface area contributed by atoms with E-state index in [2.05, 4.69) is 10.9 Å². The number of carbonyl (C=O) groups is 3. The molecule has 30 heavy (non-hydrogen) atoms. The molecule has 0 saturated heterocycles. The summed E-state index contributed by atoms with van der Waals surface area (Å²) < 4.78 is 36.7. The third-order valence-electron chi connectivity index (χ3n) is 3.38. The largest absolute Gasteiger partial charge is 0.490 e. The number of carboxylic acids is 1. The van der Waals surface area contributed by atoms with E-state index in [1.807, 2.05) is 60.7 Å². The van der Waals surface area contributed by atoms with E-state index in [1.165, 1.54) is 0 Å². The standard InChI is InChI=1S/C17H19N3O3.C2HF3O2/c18-15(11-13-7-3-1-4-8-13)16(21)19-20-17(22)23-12-14-9-5-2-6-10-14;3-2(4,5)1(6)7/h1-10,15H,11-12,18H2,(H,19,21)(H,20,22);(H,6,7)/t15-;/m0./s1. The lowest BCUT2D eigenvalue weighted by Crippen LogP contribution is -2.50. The molecular weight excluding hydrogens is 407 g/mol. The van der Waals surface area contributed by atoms with Crippen LogP contribution in [-0.2, 0) is 27.4 Å². The number of aliphatic carboxylic acids is 1. The molecule has 0 bridgehead atoms. The lowest BCUT2D eigenvalue weighted by Gasteiger charge is -2.13. The lowest BCUT2D eigenvalue weighted by molar-refractivity contribution is -0.192. The van der Waals surface area contributed by atoms with Crippen LogP contribution in [0.4, 0.5) is 18.0 Å². The molecule has 11 heteroatoms. The number of benzene rings is 2. The molecule has 1 atom stereocenters. The molecule has 162 valence electrons. The Balaban J connectivity index is 0.000000553. The van der Waals surface area contributed by atoms with Crippen LogP contribution in [0.3, 0.4) is 0 Å². The lowest BCUT2D eigenvalue weighted by atomic mass is 10.1. The highest BCUT2D eigenvalue weighted by Gasteiger charge is 2.38. The Hall–Kier alpha value is -3.60. The Morgan fingerprint density at radius 2 is 1.40 bits per heavy atom. The number of carbonyl (C=O) groups excluding carboxylic acids is 2. The number of alkyl halides is 3. The highest BCUT2D eigenvalue weighted by Crippen LogP contribution is 2.13. The fourth-order valence-corrected chi connectivity index (χ4v) is 1.93. The van der Waals surface area contributed by atoms with Crippen molar-refractivity contribution in [1.29, 1.82) is 0 Å². The molecule has 0 spiro atoms. The predicted molar refractivity (Wildman–Crippen MR) is 99.7 cm³/mol. The molecule has 2 aromatic carbocycles. The van der Waals surface area contributed by atoms with Gasteiger partial charge in [0.2, 0.25) is 0 Å². The predicted octanol–water partition coefficient (Wildman–Crippen LogP) is 2.15. The van der Waals surface area contributed by atoms with E-state index in [1.54, 1.807) is 0 Å². The molecule has 2 aromatic rings. The van der Waals surface area contributed by atoms with Gasteiger partial charge >= 0.3 is 18.2 Å². The van der Waals surface area contributed by atoms with Gasteiger partial charge in [0, 0.05) is 0 Å². The summed E-state index contributed by atoms with van der Waals surface area (Å²) in [5.74, 6) is -3.24. The molecule has 8 nitrogen and oxygen atoms in total. The first-order chi connectivity index (χ1) is 14.1. The molecule has 0 unspecified atom stereocenters. The van der Waals surface area contributed by atoms with Gasteiger partial charge in [-0.1, -0.05) is 60.7 Å². The topological polar surface area (TPSA) is 131 Å². The number of halogens is 3. The highest BCUT2D eigenvalue weighted by molar-refractivity contribution is 5.83. The Morgan fingerprint density at radius 3 is 1.87 bits per heavy atom. The van der Waals surface area contributed by atoms with Crippen molar-refractivity contribution in [2.75, 3.05) is 0 Å². The fourth-order valence-electron chi connectivity index (χ4n) is 1.93. The van der Waals surface area contributed by atoms with Crippen LogP contribution in [0.1, 0.15) is 11.1 Å². The highest BCUT2D eigenvalue weighted by atomic mass is 19.4. The minimum absolute atomic E-state index is 0.124. The number of amides is 2. The summed E-state index contributed by atoms with van der Waals surface area (Å²) in [5, 5.41) is 7.12. The molecule has 0 aliphatic rings. The summed E-state index contributed by atoms with van der Waals surface area (Å²) in [4.78, 5) is 32.2. The summed E-state index contributed by atoms with van der Waals surface area (Å²) in [6.45, 7) is 0.124. The summed E-state index contributed by atoms with van der Waals surface area (Å²) in [5.41, 5.74) is 12.0. The summed E-state index contributed by atoms with van der Waals surface area (Å²) in [6.07, 6.45) is -5.44. The molecule has 0 heterocycles. The van der Waals surface area contributed by atoms with E-state index in [0.29, 0.717) is 6.42 Å². The van der Waals surface area contributed by atoms with Crippen molar-refractivity contribution in [2.45, 2.75) is 25.2 Å². The van der Waals surface area contributed by atoms with Crippen LogP contribution in [-0.4, -0.2) is 35.3 Å². The van der Waals surface area contributed by atoms with Crippen LogP contribution in [0.25, 0.3) is 0 Å². The van der Waals surface area contributed by atoms with Crippen LogP contribution in [0.15, 0.2) is 60.7 Å². The first kappa shape index (κ1) is 24.4. The van der Waals surface area contributed by atoms with Crippen molar-refractivity contribution in [2.24, 2.45) is 5.73 Å². The monoisotopic (exact) mass is 427 g/mol. The van der Waals surface area contributed by atoms with Crippen molar-refractivity contribution in [3.8, 4) is 0 Å². The molecule has 0 fully saturated rings. The van der Waals surface area contributed by atoms with E-state index in [9.17, 15) is 22.8 Å². The molecule has 2 amide bonds. The smallest absolute Gasteiger partial charge is 0.475 e. The first-order valence-electron chi connectivity index (χ1n) is 8.45. The Morgan fingerprint density at radius 1 is 0.933 bits per heavy atom. The minimum atomic E-state index is -5.08. The molecule has 5 N–H and O–H groups in total. The van der Waals surface area contributed by atoms with Crippen molar-refractivity contribution in [3.05, 3.63) is 71.8 Å². The molecule has 2 rings (SSSR count). The molecule has 0 radical (unpaired) electrons. The van der Waals surface area contributed by atoms with Gasteiger partial charge in [0.1, 0.15) is 6.61 Å². The van der Waals surface area contributed by atoms with Crippen molar-refractivity contribution in [3.63, 3.8) is 0 Å². The number of nitrogens with one attached hydrogen (secondary N) is 2. The first-order valence-corrected chi connectivity index (χ1v) is 8.45. The van der Waals surface area contributed by atoms with Crippen molar-refractivity contribution >= 4 is 18.0 Å². The molecule has 0 saturated carbocycles. The van der Waals surface area contributed by atoms with Gasteiger partial charge in [-0.05, 0) is 17.5 Å². The van der Waals surface area contributed by atoms with Gasteiger partial charge in [-0.3, -0.25) is 10.2 Å². The van der Waals surface area contributed by atoms with Gasteiger partial charge in [0.05, 0.1) is 6.04 Å².